The van der Waals surface area contributed by atoms with Crippen LogP contribution in [0.15, 0.2) is 24.3 Å². The maximum absolute atomic E-state index is 5.30. The number of fused-ring (bicyclic) bond motifs is 1. The summed E-state index contributed by atoms with van der Waals surface area (Å²) in [5.41, 5.74) is 0. The summed E-state index contributed by atoms with van der Waals surface area (Å²) >= 11 is 0. The number of nitrogens with zero attached hydrogens (tertiary/aromatic N) is 1. The number of hydrogen-bond acceptors (Lipinski definition) is 4. The molecule has 1 aromatic carbocycles. The van der Waals surface area contributed by atoms with E-state index in [0.717, 1.165) is 24.6 Å². The lowest BCUT2D eigenvalue weighted by molar-refractivity contribution is 0.171. The number of hydrogen-bond donors (Lipinski definition) is 1. The van der Waals surface area contributed by atoms with Crippen LogP contribution in [0, 0.1) is 0 Å². The van der Waals surface area contributed by atoms with Crippen LogP contribution < -0.4 is 14.8 Å². The van der Waals surface area contributed by atoms with Crippen LogP contribution >= 0.6 is 0 Å². The summed E-state index contributed by atoms with van der Waals surface area (Å²) in [5, 5.41) is 3.27. The molecular weight excluding hydrogens is 216 g/mol. The van der Waals surface area contributed by atoms with Crippen molar-refractivity contribution in [3.8, 4) is 11.5 Å². The summed E-state index contributed by atoms with van der Waals surface area (Å²) in [6.45, 7) is 6.07. The molecule has 4 nitrogen and oxygen atoms in total. The van der Waals surface area contributed by atoms with Crippen molar-refractivity contribution in [3.05, 3.63) is 24.3 Å². The fourth-order valence-electron chi connectivity index (χ4n) is 1.77. The summed E-state index contributed by atoms with van der Waals surface area (Å²) in [4.78, 5) is 2.33. The zero-order valence-corrected chi connectivity index (χ0v) is 10.3. The monoisotopic (exact) mass is 236 g/mol. The largest absolute Gasteiger partial charge is 0.486 e. The normalized spacial score (nSPS) is 19.1. The van der Waals surface area contributed by atoms with E-state index in [0.29, 0.717) is 13.2 Å². The number of likely N-dealkylation sites (N-methyl/N-ethyl adjacent to an activating group) is 1. The highest BCUT2D eigenvalue weighted by Gasteiger charge is 2.07. The Kier molecular flexibility index (Phi) is 4.64. The lowest BCUT2D eigenvalue weighted by Crippen LogP contribution is -2.40. The minimum atomic E-state index is 0.664. The molecule has 1 N–H and O–H groups in total. The maximum Gasteiger partial charge on any atom is 0.161 e. The number of ether oxygens (including phenoxy) is 2. The zero-order valence-electron chi connectivity index (χ0n) is 10.3. The Morgan fingerprint density at radius 2 is 1.53 bits per heavy atom. The Balaban J connectivity index is 0.000000136. The smallest absolute Gasteiger partial charge is 0.161 e. The van der Waals surface area contributed by atoms with Crippen LogP contribution in [-0.4, -0.2) is 51.3 Å². The number of benzene rings is 1. The van der Waals surface area contributed by atoms with Crippen LogP contribution in [0.5, 0.6) is 11.5 Å². The van der Waals surface area contributed by atoms with Crippen LogP contribution in [0.2, 0.25) is 0 Å². The third kappa shape index (κ3) is 3.91. The number of rotatable bonds is 0. The van der Waals surface area contributed by atoms with E-state index in [1.807, 2.05) is 24.3 Å². The van der Waals surface area contributed by atoms with Crippen molar-refractivity contribution in [2.24, 2.45) is 0 Å². The van der Waals surface area contributed by atoms with Gasteiger partial charge in [-0.05, 0) is 19.2 Å². The van der Waals surface area contributed by atoms with E-state index in [4.69, 9.17) is 9.47 Å². The predicted molar refractivity (Wildman–Crippen MR) is 67.8 cm³/mol. The predicted octanol–water partition coefficient (Wildman–Crippen LogP) is 0.979. The average molecular weight is 236 g/mol. The van der Waals surface area contributed by atoms with E-state index in [1.54, 1.807) is 0 Å². The van der Waals surface area contributed by atoms with E-state index in [-0.39, 0.29) is 0 Å². The van der Waals surface area contributed by atoms with Gasteiger partial charge in [-0.2, -0.15) is 0 Å². The molecule has 0 amide bonds. The second kappa shape index (κ2) is 6.47. The molecule has 17 heavy (non-hydrogen) atoms. The van der Waals surface area contributed by atoms with Gasteiger partial charge in [0.1, 0.15) is 13.2 Å². The quantitative estimate of drug-likeness (QED) is 0.728. The molecule has 2 aliphatic heterocycles. The van der Waals surface area contributed by atoms with Gasteiger partial charge in [0.25, 0.3) is 0 Å². The average Bonchev–Trinajstić information content (AvgIpc) is 2.41. The summed E-state index contributed by atoms with van der Waals surface area (Å²) in [5.74, 6) is 1.71. The number of piperazine rings is 1. The fraction of sp³-hybridized carbons (Fsp3) is 0.538. The van der Waals surface area contributed by atoms with Crippen LogP contribution in [0.25, 0.3) is 0 Å². The third-order valence-electron chi connectivity index (χ3n) is 2.79. The van der Waals surface area contributed by atoms with Crippen molar-refractivity contribution >= 4 is 0 Å². The SMILES string of the molecule is CN1CCNCC1.c1ccc2c(c1)OCCO2. The molecule has 0 aliphatic carbocycles. The van der Waals surface area contributed by atoms with Crippen LogP contribution in [0.4, 0.5) is 0 Å². The highest BCUT2D eigenvalue weighted by Crippen LogP contribution is 2.28. The zero-order chi connectivity index (χ0) is 11.9. The molecule has 0 radical (unpaired) electrons. The van der Waals surface area contributed by atoms with Crippen molar-refractivity contribution in [1.29, 1.82) is 0 Å². The molecule has 0 atom stereocenters. The molecular formula is C13H20N2O2. The Bertz CT molecular complexity index is 313. The van der Waals surface area contributed by atoms with Crippen molar-refractivity contribution in [1.82, 2.24) is 10.2 Å². The first-order valence-corrected chi connectivity index (χ1v) is 6.10. The first kappa shape index (κ1) is 12.2. The van der Waals surface area contributed by atoms with E-state index in [2.05, 4.69) is 17.3 Å². The molecule has 1 fully saturated rings. The lowest BCUT2D eigenvalue weighted by atomic mass is 10.3. The molecule has 4 heteroatoms. The van der Waals surface area contributed by atoms with Crippen LogP contribution in [0.3, 0.4) is 0 Å². The fourth-order valence-corrected chi connectivity index (χ4v) is 1.77. The maximum atomic E-state index is 5.30. The standard InChI is InChI=1S/C8H8O2.C5H12N2/c1-2-4-8-7(3-1)9-5-6-10-8;1-7-4-2-6-3-5-7/h1-4H,5-6H2;6H,2-5H2,1H3. The molecule has 1 aromatic rings. The van der Waals surface area contributed by atoms with Gasteiger partial charge in [0.05, 0.1) is 0 Å². The summed E-state index contributed by atoms with van der Waals surface area (Å²) in [6, 6.07) is 7.70. The molecule has 3 rings (SSSR count). The Morgan fingerprint density at radius 1 is 1.00 bits per heavy atom. The van der Waals surface area contributed by atoms with Crippen molar-refractivity contribution in [3.63, 3.8) is 0 Å². The molecule has 0 aromatic heterocycles. The van der Waals surface area contributed by atoms with Gasteiger partial charge in [-0.25, -0.2) is 0 Å². The van der Waals surface area contributed by atoms with E-state index >= 15 is 0 Å². The van der Waals surface area contributed by atoms with Gasteiger partial charge in [-0.1, -0.05) is 12.1 Å². The topological polar surface area (TPSA) is 33.7 Å². The molecule has 0 saturated carbocycles. The van der Waals surface area contributed by atoms with Gasteiger partial charge in [-0.3, -0.25) is 0 Å². The van der Waals surface area contributed by atoms with Gasteiger partial charge >= 0.3 is 0 Å². The van der Waals surface area contributed by atoms with Gasteiger partial charge in [0, 0.05) is 26.2 Å². The summed E-state index contributed by atoms with van der Waals surface area (Å²) in [6.07, 6.45) is 0. The van der Waals surface area contributed by atoms with E-state index < -0.39 is 0 Å². The molecule has 94 valence electrons. The first-order valence-electron chi connectivity index (χ1n) is 6.10. The Labute approximate surface area is 103 Å². The van der Waals surface area contributed by atoms with Gasteiger partial charge < -0.3 is 19.7 Å². The van der Waals surface area contributed by atoms with Gasteiger partial charge in [-0.15, -0.1) is 0 Å². The first-order chi connectivity index (χ1) is 8.36. The molecule has 1 saturated heterocycles. The van der Waals surface area contributed by atoms with Crippen molar-refractivity contribution in [2.75, 3.05) is 46.4 Å². The molecule has 0 unspecified atom stereocenters. The second-order valence-electron chi connectivity index (χ2n) is 4.20. The minimum absolute atomic E-state index is 0.664. The van der Waals surface area contributed by atoms with E-state index in [9.17, 15) is 0 Å². The highest BCUT2D eigenvalue weighted by atomic mass is 16.6. The summed E-state index contributed by atoms with van der Waals surface area (Å²) in [7, 11) is 2.15. The van der Waals surface area contributed by atoms with E-state index in [1.165, 1.54) is 13.1 Å². The Hall–Kier alpha value is -1.26. The van der Waals surface area contributed by atoms with Crippen molar-refractivity contribution in [2.45, 2.75) is 0 Å². The minimum Gasteiger partial charge on any atom is -0.486 e. The van der Waals surface area contributed by atoms with Crippen LogP contribution in [0.1, 0.15) is 0 Å². The Morgan fingerprint density at radius 3 is 1.94 bits per heavy atom. The number of nitrogens with one attached hydrogen (secondary N) is 1. The molecule has 2 aliphatic rings. The molecule has 2 heterocycles. The third-order valence-corrected chi connectivity index (χ3v) is 2.79. The van der Waals surface area contributed by atoms with Gasteiger partial charge in [0.15, 0.2) is 11.5 Å². The second-order valence-corrected chi connectivity index (χ2v) is 4.20. The number of para-hydroxylation sites is 2. The highest BCUT2D eigenvalue weighted by molar-refractivity contribution is 5.40. The van der Waals surface area contributed by atoms with Gasteiger partial charge in [0.2, 0.25) is 0 Å². The summed E-state index contributed by atoms with van der Waals surface area (Å²) < 4.78 is 10.6. The molecule has 0 bridgehead atoms. The lowest BCUT2D eigenvalue weighted by Gasteiger charge is -2.21. The molecule has 0 spiro atoms. The van der Waals surface area contributed by atoms with Crippen molar-refractivity contribution < 1.29 is 9.47 Å². The van der Waals surface area contributed by atoms with Crippen LogP contribution in [-0.2, 0) is 0 Å².